The highest BCUT2D eigenvalue weighted by Gasteiger charge is 2.30. The number of amides is 1. The minimum absolute atomic E-state index is 0.0788. The number of hydrogen-bond acceptors (Lipinski definition) is 5. The predicted octanol–water partition coefficient (Wildman–Crippen LogP) is 2.92. The Labute approximate surface area is 107 Å². The topological polar surface area (TPSA) is 54.9 Å². The Hall–Kier alpha value is -1.27. The molecule has 6 heteroatoms. The zero-order chi connectivity index (χ0) is 11.8. The molecule has 1 aliphatic carbocycles. The number of rotatable bonds is 3. The summed E-state index contributed by atoms with van der Waals surface area (Å²) in [5, 5.41) is 3.41. The number of aryl methyl sites for hydroxylation is 1. The first kappa shape index (κ1) is 10.9. The van der Waals surface area contributed by atoms with Crippen LogP contribution >= 0.6 is 22.9 Å². The number of thiophene rings is 1. The van der Waals surface area contributed by atoms with Crippen LogP contribution in [0, 0.1) is 12.8 Å². The van der Waals surface area contributed by atoms with E-state index in [-0.39, 0.29) is 11.8 Å². The lowest BCUT2D eigenvalue weighted by Gasteiger charge is -1.96. The Bertz CT molecular complexity index is 557. The molecule has 3 rings (SSSR count). The Morgan fingerprint density at radius 2 is 2.29 bits per heavy atom. The van der Waals surface area contributed by atoms with E-state index in [0.29, 0.717) is 11.0 Å². The Morgan fingerprint density at radius 1 is 1.47 bits per heavy atom. The molecule has 2 aromatic heterocycles. The van der Waals surface area contributed by atoms with Gasteiger partial charge < -0.3 is 5.32 Å². The van der Waals surface area contributed by atoms with Crippen LogP contribution in [0.2, 0.25) is 0 Å². The van der Waals surface area contributed by atoms with Crippen LogP contribution in [-0.2, 0) is 4.79 Å². The molecule has 1 N–H and O–H groups in total. The summed E-state index contributed by atoms with van der Waals surface area (Å²) in [5.74, 6) is 0.987. The van der Waals surface area contributed by atoms with Gasteiger partial charge in [0, 0.05) is 22.3 Å². The summed E-state index contributed by atoms with van der Waals surface area (Å²) in [4.78, 5) is 18.2. The maximum absolute atomic E-state index is 11.6. The third-order valence-corrected chi connectivity index (χ3v) is 4.19. The van der Waals surface area contributed by atoms with Crippen LogP contribution in [0.15, 0.2) is 12.1 Å². The summed E-state index contributed by atoms with van der Waals surface area (Å²) >= 11 is 2.90. The molecule has 2 aromatic rings. The van der Waals surface area contributed by atoms with Gasteiger partial charge in [0.1, 0.15) is 0 Å². The Balaban J connectivity index is 1.75. The fourth-order valence-electron chi connectivity index (χ4n) is 1.48. The fraction of sp³-hybridized carbons (Fsp3) is 0.364. The van der Waals surface area contributed by atoms with Gasteiger partial charge >= 0.3 is 0 Å². The van der Waals surface area contributed by atoms with Gasteiger partial charge in [0.2, 0.25) is 11.0 Å². The monoisotopic (exact) mass is 265 g/mol. The second-order valence-electron chi connectivity index (χ2n) is 4.10. The fourth-order valence-corrected chi connectivity index (χ4v) is 2.93. The van der Waals surface area contributed by atoms with Crippen molar-refractivity contribution in [3.8, 4) is 10.7 Å². The zero-order valence-corrected chi connectivity index (χ0v) is 10.9. The number of carbonyl (C=O) groups is 1. The average molecular weight is 265 g/mol. The molecular formula is C11H11N3OS2. The first-order valence-corrected chi connectivity index (χ1v) is 7.03. The molecule has 0 radical (unpaired) electrons. The normalized spacial score (nSPS) is 14.9. The Kier molecular flexibility index (Phi) is 2.68. The van der Waals surface area contributed by atoms with E-state index in [0.717, 1.165) is 17.7 Å². The van der Waals surface area contributed by atoms with Crippen LogP contribution in [0.5, 0.6) is 0 Å². The second-order valence-corrected chi connectivity index (χ2v) is 6.14. The molecule has 0 bridgehead atoms. The SMILES string of the molecule is Cc1ccc(-c2nsc(NC(=O)C3CC3)n2)s1. The molecule has 1 saturated carbocycles. The van der Waals surface area contributed by atoms with Crippen molar-refractivity contribution in [1.29, 1.82) is 0 Å². The number of nitrogens with one attached hydrogen (secondary N) is 1. The summed E-state index contributed by atoms with van der Waals surface area (Å²) in [5.41, 5.74) is 0. The second kappa shape index (κ2) is 4.19. The van der Waals surface area contributed by atoms with Crippen molar-refractivity contribution in [2.75, 3.05) is 5.32 Å². The van der Waals surface area contributed by atoms with Gasteiger partial charge in [-0.05, 0) is 31.9 Å². The third kappa shape index (κ3) is 2.37. The first-order chi connectivity index (χ1) is 8.22. The Morgan fingerprint density at radius 3 is 2.94 bits per heavy atom. The molecular weight excluding hydrogens is 254 g/mol. The van der Waals surface area contributed by atoms with E-state index in [4.69, 9.17) is 0 Å². The molecule has 0 unspecified atom stereocenters. The molecule has 1 amide bonds. The van der Waals surface area contributed by atoms with E-state index in [1.807, 2.05) is 12.1 Å². The third-order valence-electron chi connectivity index (χ3n) is 2.57. The van der Waals surface area contributed by atoms with Crippen molar-refractivity contribution in [1.82, 2.24) is 9.36 Å². The van der Waals surface area contributed by atoms with Crippen LogP contribution in [0.4, 0.5) is 5.13 Å². The van der Waals surface area contributed by atoms with E-state index in [1.54, 1.807) is 11.3 Å². The van der Waals surface area contributed by atoms with Gasteiger partial charge in [0.15, 0.2) is 5.82 Å². The van der Waals surface area contributed by atoms with Crippen LogP contribution < -0.4 is 5.32 Å². The predicted molar refractivity (Wildman–Crippen MR) is 69.3 cm³/mol. The van der Waals surface area contributed by atoms with Gasteiger partial charge in [-0.3, -0.25) is 4.79 Å². The minimum atomic E-state index is 0.0788. The highest BCUT2D eigenvalue weighted by molar-refractivity contribution is 7.15. The molecule has 1 aliphatic rings. The highest BCUT2D eigenvalue weighted by atomic mass is 32.1. The van der Waals surface area contributed by atoms with Gasteiger partial charge in [-0.2, -0.15) is 9.36 Å². The van der Waals surface area contributed by atoms with Crippen molar-refractivity contribution < 1.29 is 4.79 Å². The van der Waals surface area contributed by atoms with E-state index in [1.165, 1.54) is 16.4 Å². The molecule has 17 heavy (non-hydrogen) atoms. The number of hydrogen-bond donors (Lipinski definition) is 1. The van der Waals surface area contributed by atoms with E-state index >= 15 is 0 Å². The molecule has 0 aromatic carbocycles. The molecule has 0 atom stereocenters. The molecule has 0 saturated heterocycles. The van der Waals surface area contributed by atoms with Crippen LogP contribution in [0.25, 0.3) is 10.7 Å². The van der Waals surface area contributed by atoms with Crippen LogP contribution in [-0.4, -0.2) is 15.3 Å². The van der Waals surface area contributed by atoms with Gasteiger partial charge in [-0.15, -0.1) is 11.3 Å². The molecule has 0 spiro atoms. The summed E-state index contributed by atoms with van der Waals surface area (Å²) in [6.45, 7) is 2.05. The van der Waals surface area contributed by atoms with Crippen LogP contribution in [0.1, 0.15) is 17.7 Å². The summed E-state index contributed by atoms with van der Waals surface area (Å²) < 4.78 is 4.26. The van der Waals surface area contributed by atoms with E-state index in [9.17, 15) is 4.79 Å². The lowest BCUT2D eigenvalue weighted by Crippen LogP contribution is -2.12. The standard InChI is InChI=1S/C11H11N3OS2/c1-6-2-5-8(16-6)9-12-11(17-14-9)13-10(15)7-3-4-7/h2,5,7H,3-4H2,1H3,(H,12,13,14,15). The molecule has 1 fully saturated rings. The van der Waals surface area contributed by atoms with Gasteiger partial charge in [0.05, 0.1) is 4.88 Å². The maximum Gasteiger partial charge on any atom is 0.229 e. The summed E-state index contributed by atoms with van der Waals surface area (Å²) in [7, 11) is 0. The molecule has 4 nitrogen and oxygen atoms in total. The zero-order valence-electron chi connectivity index (χ0n) is 9.27. The maximum atomic E-state index is 11.6. The number of nitrogens with zero attached hydrogens (tertiary/aromatic N) is 2. The van der Waals surface area contributed by atoms with Crippen molar-refractivity contribution in [2.24, 2.45) is 5.92 Å². The molecule has 2 heterocycles. The number of anilines is 1. The summed E-state index contributed by atoms with van der Waals surface area (Å²) in [6, 6.07) is 4.05. The first-order valence-electron chi connectivity index (χ1n) is 5.44. The molecule has 0 aliphatic heterocycles. The van der Waals surface area contributed by atoms with Gasteiger partial charge in [0.25, 0.3) is 0 Å². The highest BCUT2D eigenvalue weighted by Crippen LogP contribution is 2.31. The average Bonchev–Trinajstić information content (AvgIpc) is 2.92. The lowest BCUT2D eigenvalue weighted by atomic mass is 10.4. The number of aromatic nitrogens is 2. The number of carbonyl (C=O) groups excluding carboxylic acids is 1. The van der Waals surface area contributed by atoms with Crippen LogP contribution in [0.3, 0.4) is 0 Å². The summed E-state index contributed by atoms with van der Waals surface area (Å²) in [6.07, 6.45) is 2.00. The van der Waals surface area contributed by atoms with Crippen molar-refractivity contribution >= 4 is 33.9 Å². The smallest absolute Gasteiger partial charge is 0.229 e. The van der Waals surface area contributed by atoms with Crippen molar-refractivity contribution in [2.45, 2.75) is 19.8 Å². The van der Waals surface area contributed by atoms with Gasteiger partial charge in [-0.25, -0.2) is 0 Å². The van der Waals surface area contributed by atoms with Crippen molar-refractivity contribution in [3.05, 3.63) is 17.0 Å². The largest absolute Gasteiger partial charge is 0.300 e. The van der Waals surface area contributed by atoms with E-state index < -0.39 is 0 Å². The quantitative estimate of drug-likeness (QED) is 0.928. The minimum Gasteiger partial charge on any atom is -0.300 e. The molecule has 88 valence electrons. The lowest BCUT2D eigenvalue weighted by molar-refractivity contribution is -0.117. The van der Waals surface area contributed by atoms with Gasteiger partial charge in [-0.1, -0.05) is 0 Å². The van der Waals surface area contributed by atoms with E-state index in [2.05, 4.69) is 21.6 Å². The van der Waals surface area contributed by atoms with Crippen molar-refractivity contribution in [3.63, 3.8) is 0 Å².